The minimum Gasteiger partial charge on any atom is -0.241 e. The number of thiazole rings is 1. The topological polar surface area (TPSA) is 12.9 Å². The molecule has 15 heavy (non-hydrogen) atoms. The van der Waals surface area contributed by atoms with E-state index in [1.807, 2.05) is 18.2 Å². The first kappa shape index (κ1) is 10.8. The molecule has 0 bridgehead atoms. The third-order valence-electron chi connectivity index (χ3n) is 2.17. The summed E-state index contributed by atoms with van der Waals surface area (Å²) in [5.41, 5.74) is 2.26. The molecule has 0 saturated heterocycles. The van der Waals surface area contributed by atoms with E-state index in [9.17, 15) is 0 Å². The fraction of sp³-hybridized carbons (Fsp3) is 0.250. The van der Waals surface area contributed by atoms with Crippen molar-refractivity contribution in [2.45, 2.75) is 19.8 Å². The molecule has 1 nitrogen and oxygen atoms in total. The Morgan fingerprint density at radius 2 is 2.13 bits per heavy atom. The molecule has 0 unspecified atom stereocenters. The first-order chi connectivity index (χ1) is 7.31. The van der Waals surface area contributed by atoms with Crippen molar-refractivity contribution in [3.05, 3.63) is 39.1 Å². The zero-order valence-electron chi connectivity index (χ0n) is 8.53. The molecule has 2 aromatic rings. The number of hydrogen-bond acceptors (Lipinski definition) is 2. The van der Waals surface area contributed by atoms with Crippen molar-refractivity contribution in [3.63, 3.8) is 0 Å². The highest BCUT2D eigenvalue weighted by atomic mass is 79.9. The second kappa shape index (κ2) is 4.90. The third-order valence-corrected chi connectivity index (χ3v) is 3.77. The Hall–Kier alpha value is -0.670. The lowest BCUT2D eigenvalue weighted by molar-refractivity contribution is 0.910. The molecule has 3 heteroatoms. The largest absolute Gasteiger partial charge is 0.241 e. The highest BCUT2D eigenvalue weighted by molar-refractivity contribution is 9.10. The maximum Gasteiger partial charge on any atom is 0.0932 e. The Morgan fingerprint density at radius 1 is 1.33 bits per heavy atom. The van der Waals surface area contributed by atoms with Gasteiger partial charge in [-0.3, -0.25) is 0 Å². The fourth-order valence-corrected chi connectivity index (χ4v) is 2.82. The van der Waals surface area contributed by atoms with Gasteiger partial charge in [-0.05, 0) is 18.9 Å². The quantitative estimate of drug-likeness (QED) is 0.806. The van der Waals surface area contributed by atoms with Gasteiger partial charge in [0.25, 0.3) is 0 Å². The van der Waals surface area contributed by atoms with Gasteiger partial charge in [-0.1, -0.05) is 41.1 Å². The van der Waals surface area contributed by atoms with E-state index in [4.69, 9.17) is 0 Å². The second-order valence-corrected chi connectivity index (χ2v) is 5.15. The van der Waals surface area contributed by atoms with Crippen molar-refractivity contribution in [2.24, 2.45) is 0 Å². The van der Waals surface area contributed by atoms with Crippen LogP contribution in [-0.2, 0) is 6.42 Å². The van der Waals surface area contributed by atoms with E-state index in [0.29, 0.717) is 0 Å². The van der Waals surface area contributed by atoms with Gasteiger partial charge in [0, 0.05) is 15.4 Å². The summed E-state index contributed by atoms with van der Waals surface area (Å²) >= 11 is 5.29. The van der Waals surface area contributed by atoms with Gasteiger partial charge in [0.1, 0.15) is 0 Å². The summed E-state index contributed by atoms with van der Waals surface area (Å²) in [7, 11) is 0. The van der Waals surface area contributed by atoms with Crippen LogP contribution in [0.4, 0.5) is 0 Å². The van der Waals surface area contributed by atoms with Crippen LogP contribution in [-0.4, -0.2) is 4.98 Å². The number of benzene rings is 1. The first-order valence-corrected chi connectivity index (χ1v) is 6.68. The van der Waals surface area contributed by atoms with Crippen molar-refractivity contribution in [1.29, 1.82) is 0 Å². The van der Waals surface area contributed by atoms with Crippen LogP contribution in [0.1, 0.15) is 18.4 Å². The highest BCUT2D eigenvalue weighted by Gasteiger charge is 2.06. The predicted octanol–water partition coefficient (Wildman–Crippen LogP) is 4.53. The van der Waals surface area contributed by atoms with E-state index in [1.54, 1.807) is 11.3 Å². The van der Waals surface area contributed by atoms with Crippen LogP contribution in [0, 0.1) is 0 Å². The van der Waals surface area contributed by atoms with Gasteiger partial charge in [0.05, 0.1) is 10.7 Å². The Balaban J connectivity index is 2.33. The van der Waals surface area contributed by atoms with Crippen LogP contribution < -0.4 is 0 Å². The second-order valence-electron chi connectivity index (χ2n) is 3.36. The first-order valence-electron chi connectivity index (χ1n) is 5.00. The van der Waals surface area contributed by atoms with Gasteiger partial charge in [0.2, 0.25) is 0 Å². The van der Waals surface area contributed by atoms with Crippen LogP contribution in [0.5, 0.6) is 0 Å². The van der Waals surface area contributed by atoms with Crippen LogP contribution >= 0.6 is 27.3 Å². The molecule has 0 aliphatic rings. The predicted molar refractivity (Wildman–Crippen MR) is 69.2 cm³/mol. The summed E-state index contributed by atoms with van der Waals surface area (Å²) in [4.78, 5) is 4.62. The monoisotopic (exact) mass is 281 g/mol. The zero-order valence-corrected chi connectivity index (χ0v) is 10.9. The Kier molecular flexibility index (Phi) is 3.54. The summed E-state index contributed by atoms with van der Waals surface area (Å²) < 4.78 is 1.11. The molecule has 0 radical (unpaired) electrons. The molecule has 0 N–H and O–H groups in total. The van der Waals surface area contributed by atoms with Gasteiger partial charge in [-0.2, -0.15) is 0 Å². The van der Waals surface area contributed by atoms with Gasteiger partial charge >= 0.3 is 0 Å². The maximum atomic E-state index is 4.62. The van der Waals surface area contributed by atoms with E-state index < -0.39 is 0 Å². The molecule has 0 atom stereocenters. The minimum atomic E-state index is 1.08. The Bertz CT molecular complexity index is 450. The molecule has 0 amide bonds. The molecule has 0 aliphatic heterocycles. The molecule has 0 spiro atoms. The maximum absolute atomic E-state index is 4.62. The molecule has 2 rings (SSSR count). The highest BCUT2D eigenvalue weighted by Crippen LogP contribution is 2.29. The lowest BCUT2D eigenvalue weighted by atomic mass is 10.2. The number of rotatable bonds is 3. The fourth-order valence-electron chi connectivity index (χ4n) is 1.43. The molecule has 1 aromatic carbocycles. The SMILES string of the molecule is CCCc1nc(-c2ccccc2Br)cs1. The van der Waals surface area contributed by atoms with Gasteiger partial charge in [0.15, 0.2) is 0 Å². The lowest BCUT2D eigenvalue weighted by Gasteiger charge is -1.99. The number of halogens is 1. The molecule has 0 saturated carbocycles. The van der Waals surface area contributed by atoms with Crippen LogP contribution in [0.25, 0.3) is 11.3 Å². The van der Waals surface area contributed by atoms with E-state index in [-0.39, 0.29) is 0 Å². The number of nitrogens with zero attached hydrogens (tertiary/aromatic N) is 1. The summed E-state index contributed by atoms with van der Waals surface area (Å²) in [6, 6.07) is 8.20. The van der Waals surface area contributed by atoms with E-state index in [2.05, 4.69) is 39.3 Å². The van der Waals surface area contributed by atoms with E-state index in [1.165, 1.54) is 10.6 Å². The summed E-state index contributed by atoms with van der Waals surface area (Å²) in [6.45, 7) is 2.18. The Morgan fingerprint density at radius 3 is 2.87 bits per heavy atom. The smallest absolute Gasteiger partial charge is 0.0932 e. The van der Waals surface area contributed by atoms with Gasteiger partial charge < -0.3 is 0 Å². The number of hydrogen-bond donors (Lipinski definition) is 0. The Labute approximate surface area is 102 Å². The lowest BCUT2D eigenvalue weighted by Crippen LogP contribution is -1.83. The molecule has 78 valence electrons. The van der Waals surface area contributed by atoms with Crippen LogP contribution in [0.2, 0.25) is 0 Å². The van der Waals surface area contributed by atoms with Gasteiger partial charge in [-0.25, -0.2) is 4.98 Å². The van der Waals surface area contributed by atoms with Gasteiger partial charge in [-0.15, -0.1) is 11.3 Å². The molecule has 1 heterocycles. The van der Waals surface area contributed by atoms with Crippen molar-refractivity contribution < 1.29 is 0 Å². The number of aryl methyl sites for hydroxylation is 1. The molecule has 1 aromatic heterocycles. The van der Waals surface area contributed by atoms with Crippen LogP contribution in [0.15, 0.2) is 34.1 Å². The average Bonchev–Trinajstić information content (AvgIpc) is 2.68. The van der Waals surface area contributed by atoms with Crippen molar-refractivity contribution in [2.75, 3.05) is 0 Å². The number of aromatic nitrogens is 1. The van der Waals surface area contributed by atoms with Crippen molar-refractivity contribution >= 4 is 27.3 Å². The van der Waals surface area contributed by atoms with E-state index >= 15 is 0 Å². The van der Waals surface area contributed by atoms with Crippen molar-refractivity contribution in [3.8, 4) is 11.3 Å². The zero-order chi connectivity index (χ0) is 10.7. The van der Waals surface area contributed by atoms with E-state index in [0.717, 1.165) is 23.0 Å². The summed E-state index contributed by atoms with van der Waals surface area (Å²) in [5.74, 6) is 0. The average molecular weight is 282 g/mol. The molecular weight excluding hydrogens is 270 g/mol. The summed E-state index contributed by atoms with van der Waals surface area (Å²) in [5, 5.41) is 3.36. The van der Waals surface area contributed by atoms with Crippen molar-refractivity contribution in [1.82, 2.24) is 4.98 Å². The summed E-state index contributed by atoms with van der Waals surface area (Å²) in [6.07, 6.45) is 2.23. The van der Waals surface area contributed by atoms with Crippen LogP contribution in [0.3, 0.4) is 0 Å². The minimum absolute atomic E-state index is 1.08. The standard InChI is InChI=1S/C12H12BrNS/c1-2-5-12-14-11(8-15-12)9-6-3-4-7-10(9)13/h3-4,6-8H,2,5H2,1H3. The molecule has 0 aliphatic carbocycles. The third kappa shape index (κ3) is 2.47. The molecule has 0 fully saturated rings. The molecular formula is C12H12BrNS. The normalized spacial score (nSPS) is 10.5.